The van der Waals surface area contributed by atoms with Gasteiger partial charge < -0.3 is 9.67 Å². The standard InChI is InChI=1S/C15H26N2O3S/c1-4-17-9-14(8-13(17)10-18)21(19,20)16-15-6-5-11(2)7-12(15)3/h8-9,11-12,15-16,18H,4-7,10H2,1-3H3. The summed E-state index contributed by atoms with van der Waals surface area (Å²) in [5, 5.41) is 9.29. The number of aliphatic hydroxyl groups is 1. The average Bonchev–Trinajstić information content (AvgIpc) is 2.86. The van der Waals surface area contributed by atoms with E-state index < -0.39 is 10.0 Å². The summed E-state index contributed by atoms with van der Waals surface area (Å²) in [5.74, 6) is 1.03. The summed E-state index contributed by atoms with van der Waals surface area (Å²) in [5.41, 5.74) is 0.628. The molecule has 0 aliphatic heterocycles. The Morgan fingerprint density at radius 3 is 2.62 bits per heavy atom. The van der Waals surface area contributed by atoms with E-state index >= 15 is 0 Å². The normalized spacial score (nSPS) is 27.0. The predicted molar refractivity (Wildman–Crippen MR) is 82.3 cm³/mol. The maximum absolute atomic E-state index is 12.5. The first kappa shape index (κ1) is 16.5. The molecule has 0 aromatic carbocycles. The molecule has 1 aromatic heterocycles. The molecular formula is C15H26N2O3S. The van der Waals surface area contributed by atoms with Crippen molar-refractivity contribution in [2.24, 2.45) is 11.8 Å². The van der Waals surface area contributed by atoms with E-state index in [1.54, 1.807) is 16.8 Å². The minimum absolute atomic E-state index is 0.00810. The third-order valence-electron chi connectivity index (χ3n) is 4.51. The molecule has 1 aliphatic carbocycles. The van der Waals surface area contributed by atoms with Crippen LogP contribution in [-0.2, 0) is 23.2 Å². The predicted octanol–water partition coefficient (Wildman–Crippen LogP) is 2.10. The SMILES string of the molecule is CCn1cc(S(=O)(=O)NC2CCC(C)CC2C)cc1CO. The van der Waals surface area contributed by atoms with Crippen LogP contribution in [0, 0.1) is 11.8 Å². The Morgan fingerprint density at radius 2 is 2.10 bits per heavy atom. The van der Waals surface area contributed by atoms with Crippen molar-refractivity contribution >= 4 is 10.0 Å². The fraction of sp³-hybridized carbons (Fsp3) is 0.733. The Morgan fingerprint density at radius 1 is 1.38 bits per heavy atom. The van der Waals surface area contributed by atoms with Gasteiger partial charge in [0.15, 0.2) is 0 Å². The smallest absolute Gasteiger partial charge is 0.242 e. The van der Waals surface area contributed by atoms with E-state index in [0.717, 1.165) is 19.3 Å². The van der Waals surface area contributed by atoms with Crippen LogP contribution in [0.4, 0.5) is 0 Å². The highest BCUT2D eigenvalue weighted by Crippen LogP contribution is 2.29. The van der Waals surface area contributed by atoms with Gasteiger partial charge in [-0.3, -0.25) is 0 Å². The Bertz CT molecular complexity index is 558. The number of sulfonamides is 1. The summed E-state index contributed by atoms with van der Waals surface area (Å²) in [6, 6.07) is 1.57. The van der Waals surface area contributed by atoms with Crippen molar-refractivity contribution in [3.05, 3.63) is 18.0 Å². The van der Waals surface area contributed by atoms with Crippen LogP contribution in [0.25, 0.3) is 0 Å². The van der Waals surface area contributed by atoms with Gasteiger partial charge in [0.25, 0.3) is 0 Å². The minimum atomic E-state index is -3.51. The van der Waals surface area contributed by atoms with E-state index in [4.69, 9.17) is 0 Å². The molecule has 1 aromatic rings. The van der Waals surface area contributed by atoms with Crippen LogP contribution in [0.15, 0.2) is 17.2 Å². The van der Waals surface area contributed by atoms with Gasteiger partial charge in [-0.1, -0.05) is 13.8 Å². The molecule has 2 N–H and O–H groups in total. The number of hydrogen-bond donors (Lipinski definition) is 2. The van der Waals surface area contributed by atoms with Crippen molar-refractivity contribution in [1.29, 1.82) is 0 Å². The van der Waals surface area contributed by atoms with E-state index in [-0.39, 0.29) is 17.5 Å². The summed E-state index contributed by atoms with van der Waals surface area (Å²) < 4.78 is 29.7. The molecule has 3 atom stereocenters. The average molecular weight is 314 g/mol. The molecule has 0 saturated heterocycles. The van der Waals surface area contributed by atoms with Crippen molar-refractivity contribution in [1.82, 2.24) is 9.29 Å². The molecule has 21 heavy (non-hydrogen) atoms. The lowest BCUT2D eigenvalue weighted by Gasteiger charge is -2.32. The van der Waals surface area contributed by atoms with Crippen molar-refractivity contribution in [2.75, 3.05) is 0 Å². The van der Waals surface area contributed by atoms with Crippen molar-refractivity contribution < 1.29 is 13.5 Å². The Hall–Kier alpha value is -0.850. The number of nitrogens with one attached hydrogen (secondary N) is 1. The van der Waals surface area contributed by atoms with Crippen molar-refractivity contribution in [3.8, 4) is 0 Å². The zero-order valence-corrected chi connectivity index (χ0v) is 13.9. The topological polar surface area (TPSA) is 71.3 Å². The molecule has 1 saturated carbocycles. The largest absolute Gasteiger partial charge is 0.390 e. The van der Waals surface area contributed by atoms with Crippen LogP contribution in [0.3, 0.4) is 0 Å². The van der Waals surface area contributed by atoms with E-state index in [1.165, 1.54) is 0 Å². The number of rotatable bonds is 5. The molecule has 0 amide bonds. The second-order valence-electron chi connectivity index (χ2n) is 6.23. The molecule has 0 radical (unpaired) electrons. The summed E-state index contributed by atoms with van der Waals surface area (Å²) in [6.45, 7) is 6.74. The Labute approximate surface area is 127 Å². The van der Waals surface area contributed by atoms with Crippen LogP contribution in [0.1, 0.15) is 45.7 Å². The molecule has 5 nitrogen and oxygen atoms in total. The summed E-state index contributed by atoms with van der Waals surface area (Å²) >= 11 is 0. The van der Waals surface area contributed by atoms with Gasteiger partial charge in [-0.2, -0.15) is 0 Å². The van der Waals surface area contributed by atoms with Gasteiger partial charge in [-0.25, -0.2) is 13.1 Å². The molecule has 2 rings (SSSR count). The molecule has 1 fully saturated rings. The van der Waals surface area contributed by atoms with Crippen LogP contribution in [-0.4, -0.2) is 24.1 Å². The molecule has 0 spiro atoms. The number of aryl methyl sites for hydroxylation is 1. The minimum Gasteiger partial charge on any atom is -0.390 e. The summed E-state index contributed by atoms with van der Waals surface area (Å²) in [7, 11) is -3.51. The summed E-state index contributed by atoms with van der Waals surface area (Å²) in [6.07, 6.45) is 4.62. The maximum atomic E-state index is 12.5. The second-order valence-corrected chi connectivity index (χ2v) is 7.95. The van der Waals surface area contributed by atoms with Crippen molar-refractivity contribution in [2.45, 2.75) is 64.1 Å². The van der Waals surface area contributed by atoms with Gasteiger partial charge in [0.05, 0.1) is 11.5 Å². The van der Waals surface area contributed by atoms with Gasteiger partial charge in [0, 0.05) is 24.5 Å². The first-order valence-corrected chi connectivity index (χ1v) is 9.18. The van der Waals surface area contributed by atoms with E-state index in [9.17, 15) is 13.5 Å². The first-order chi connectivity index (χ1) is 9.87. The molecule has 3 unspecified atom stereocenters. The Kier molecular flexibility index (Phi) is 5.11. The lowest BCUT2D eigenvalue weighted by Crippen LogP contribution is -2.42. The van der Waals surface area contributed by atoms with E-state index in [2.05, 4.69) is 18.6 Å². The maximum Gasteiger partial charge on any atom is 0.242 e. The third kappa shape index (κ3) is 3.67. The lowest BCUT2D eigenvalue weighted by molar-refractivity contribution is 0.249. The fourth-order valence-corrected chi connectivity index (χ4v) is 4.65. The van der Waals surface area contributed by atoms with Gasteiger partial charge >= 0.3 is 0 Å². The zero-order valence-electron chi connectivity index (χ0n) is 13.0. The van der Waals surface area contributed by atoms with Crippen LogP contribution >= 0.6 is 0 Å². The third-order valence-corrected chi connectivity index (χ3v) is 5.97. The van der Waals surface area contributed by atoms with Gasteiger partial charge in [-0.05, 0) is 44.1 Å². The number of hydrogen-bond acceptors (Lipinski definition) is 3. The molecule has 120 valence electrons. The molecule has 1 heterocycles. The van der Waals surface area contributed by atoms with Gasteiger partial charge in [0.2, 0.25) is 10.0 Å². The highest BCUT2D eigenvalue weighted by atomic mass is 32.2. The van der Waals surface area contributed by atoms with Gasteiger partial charge in [-0.15, -0.1) is 0 Å². The highest BCUT2D eigenvalue weighted by molar-refractivity contribution is 7.89. The quantitative estimate of drug-likeness (QED) is 0.874. The van der Waals surface area contributed by atoms with Crippen LogP contribution in [0.5, 0.6) is 0 Å². The number of aromatic nitrogens is 1. The highest BCUT2D eigenvalue weighted by Gasteiger charge is 2.30. The van der Waals surface area contributed by atoms with Crippen LogP contribution in [0.2, 0.25) is 0 Å². The fourth-order valence-electron chi connectivity index (χ4n) is 3.21. The molecule has 1 aliphatic rings. The van der Waals surface area contributed by atoms with E-state index in [0.29, 0.717) is 24.1 Å². The monoisotopic (exact) mass is 314 g/mol. The second kappa shape index (κ2) is 6.50. The number of aliphatic hydroxyl groups excluding tert-OH is 1. The van der Waals surface area contributed by atoms with Crippen LogP contribution < -0.4 is 4.72 Å². The lowest BCUT2D eigenvalue weighted by atomic mass is 9.80. The molecular weight excluding hydrogens is 288 g/mol. The zero-order chi connectivity index (χ0) is 15.6. The van der Waals surface area contributed by atoms with E-state index in [1.807, 2.05) is 6.92 Å². The molecule has 0 bridgehead atoms. The Balaban J connectivity index is 2.16. The number of nitrogens with zero attached hydrogens (tertiary/aromatic N) is 1. The molecule has 6 heteroatoms. The van der Waals surface area contributed by atoms with Gasteiger partial charge in [0.1, 0.15) is 0 Å². The first-order valence-electron chi connectivity index (χ1n) is 7.69. The summed E-state index contributed by atoms with van der Waals surface area (Å²) in [4.78, 5) is 0.249. The van der Waals surface area contributed by atoms with Crippen molar-refractivity contribution in [3.63, 3.8) is 0 Å².